The molecule has 1 aromatic heterocycles. The van der Waals surface area contributed by atoms with Gasteiger partial charge in [-0.15, -0.1) is 10.2 Å². The number of carbonyl (C=O) groups is 1. The van der Waals surface area contributed by atoms with E-state index in [1.54, 1.807) is 12.1 Å². The van der Waals surface area contributed by atoms with Crippen LogP contribution in [0.5, 0.6) is 11.5 Å². The Morgan fingerprint density at radius 1 is 1.16 bits per heavy atom. The number of ether oxygens (including phenoxy) is 2. The number of methoxy groups -OCH3 is 1. The maximum Gasteiger partial charge on any atom is 0.387 e. The lowest BCUT2D eigenvalue weighted by atomic mass is 10.2. The number of alkyl halides is 2. The number of thioether (sulfide) groups is 1. The highest BCUT2D eigenvalue weighted by Crippen LogP contribution is 2.29. The molecule has 31 heavy (non-hydrogen) atoms. The fraction of sp³-hybridized carbons (Fsp3) is 0.286. The first-order valence-corrected chi connectivity index (χ1v) is 10.4. The number of hydrogen-bond acceptors (Lipinski definition) is 6. The van der Waals surface area contributed by atoms with Gasteiger partial charge in [-0.3, -0.25) is 9.36 Å². The van der Waals surface area contributed by atoms with Gasteiger partial charge < -0.3 is 14.8 Å². The Kier molecular flexibility index (Phi) is 7.45. The van der Waals surface area contributed by atoms with Crippen LogP contribution in [-0.4, -0.2) is 40.1 Å². The molecule has 0 aliphatic rings. The van der Waals surface area contributed by atoms with Crippen molar-refractivity contribution in [1.82, 2.24) is 20.1 Å². The number of nitrogens with zero attached hydrogens (tertiary/aromatic N) is 3. The summed E-state index contributed by atoms with van der Waals surface area (Å²) in [5.74, 6) is 0.787. The number of benzene rings is 2. The molecule has 0 bridgehead atoms. The maximum absolute atomic E-state index is 12.4. The van der Waals surface area contributed by atoms with E-state index in [0.29, 0.717) is 10.7 Å². The van der Waals surface area contributed by atoms with Crippen molar-refractivity contribution in [3.63, 3.8) is 0 Å². The first-order chi connectivity index (χ1) is 14.9. The van der Waals surface area contributed by atoms with Crippen LogP contribution in [0.25, 0.3) is 5.69 Å². The minimum absolute atomic E-state index is 0.0611. The Morgan fingerprint density at radius 3 is 2.65 bits per heavy atom. The summed E-state index contributed by atoms with van der Waals surface area (Å²) < 4.78 is 36.2. The van der Waals surface area contributed by atoms with E-state index in [9.17, 15) is 13.6 Å². The minimum atomic E-state index is -2.94. The molecule has 1 heterocycles. The summed E-state index contributed by atoms with van der Waals surface area (Å²) in [4.78, 5) is 12.3. The van der Waals surface area contributed by atoms with Crippen molar-refractivity contribution in [2.24, 2.45) is 0 Å². The zero-order chi connectivity index (χ0) is 22.4. The first-order valence-electron chi connectivity index (χ1n) is 9.38. The molecule has 0 unspecified atom stereocenters. The molecule has 2 aromatic carbocycles. The zero-order valence-electron chi connectivity index (χ0n) is 17.3. The average molecular weight is 448 g/mol. The lowest BCUT2D eigenvalue weighted by Crippen LogP contribution is -2.24. The molecule has 10 heteroatoms. The van der Waals surface area contributed by atoms with Crippen LogP contribution in [-0.2, 0) is 11.3 Å². The Hall–Kier alpha value is -3.14. The molecule has 3 aromatic rings. The summed E-state index contributed by atoms with van der Waals surface area (Å²) >= 11 is 1.28. The maximum atomic E-state index is 12.4. The number of carbonyl (C=O) groups excluding carboxylic acids is 1. The molecule has 164 valence electrons. The molecule has 0 radical (unpaired) electrons. The van der Waals surface area contributed by atoms with E-state index in [1.807, 2.05) is 42.7 Å². The highest BCUT2D eigenvalue weighted by Gasteiger charge is 2.15. The second-order valence-corrected chi connectivity index (χ2v) is 7.52. The van der Waals surface area contributed by atoms with Crippen LogP contribution >= 0.6 is 11.8 Å². The number of hydrogen-bond donors (Lipinski definition) is 1. The lowest BCUT2D eigenvalue weighted by molar-refractivity contribution is -0.118. The second kappa shape index (κ2) is 10.3. The summed E-state index contributed by atoms with van der Waals surface area (Å²) in [6.07, 6.45) is 0. The third-order valence-corrected chi connectivity index (χ3v) is 5.35. The van der Waals surface area contributed by atoms with Gasteiger partial charge >= 0.3 is 6.61 Å². The quantitative estimate of drug-likeness (QED) is 0.500. The third-order valence-electron chi connectivity index (χ3n) is 4.42. The van der Waals surface area contributed by atoms with Crippen molar-refractivity contribution in [1.29, 1.82) is 0 Å². The topological polar surface area (TPSA) is 78.3 Å². The third kappa shape index (κ3) is 5.72. The molecule has 0 aliphatic carbocycles. The van der Waals surface area contributed by atoms with Gasteiger partial charge in [0, 0.05) is 6.54 Å². The normalized spacial score (nSPS) is 10.9. The number of amides is 1. The van der Waals surface area contributed by atoms with Crippen LogP contribution in [0.2, 0.25) is 0 Å². The Labute approximate surface area is 182 Å². The monoisotopic (exact) mass is 448 g/mol. The zero-order valence-corrected chi connectivity index (χ0v) is 18.1. The van der Waals surface area contributed by atoms with E-state index in [4.69, 9.17) is 4.74 Å². The standard InChI is InChI=1S/C21H22F2N4O3S/c1-13-6-4-5-7-16(13)27-14(2)25-26-21(27)31-12-19(28)24-11-15-8-9-17(30-20(22)23)18(10-15)29-3/h4-10,20H,11-12H2,1-3H3,(H,24,28). The smallest absolute Gasteiger partial charge is 0.387 e. The number of aromatic nitrogens is 3. The van der Waals surface area contributed by atoms with Crippen molar-refractivity contribution < 1.29 is 23.0 Å². The van der Waals surface area contributed by atoms with Gasteiger partial charge in [0.1, 0.15) is 5.82 Å². The predicted octanol–water partition coefficient (Wildman–Crippen LogP) is 3.90. The number of nitrogens with one attached hydrogen (secondary N) is 1. The molecular weight excluding hydrogens is 426 g/mol. The van der Waals surface area contributed by atoms with Crippen molar-refractivity contribution >= 4 is 17.7 Å². The van der Waals surface area contributed by atoms with E-state index in [-0.39, 0.29) is 29.7 Å². The molecule has 1 N–H and O–H groups in total. The van der Waals surface area contributed by atoms with Gasteiger partial charge in [0.15, 0.2) is 16.7 Å². The summed E-state index contributed by atoms with van der Waals surface area (Å²) in [6, 6.07) is 12.4. The van der Waals surface area contributed by atoms with E-state index < -0.39 is 6.61 Å². The molecule has 0 aliphatic heterocycles. The first kappa shape index (κ1) is 22.5. The average Bonchev–Trinajstić information content (AvgIpc) is 3.11. The summed E-state index contributed by atoms with van der Waals surface area (Å²) in [7, 11) is 1.36. The summed E-state index contributed by atoms with van der Waals surface area (Å²) in [5.41, 5.74) is 2.73. The summed E-state index contributed by atoms with van der Waals surface area (Å²) in [6.45, 7) is 1.14. The van der Waals surface area contributed by atoms with Crippen LogP contribution in [0.3, 0.4) is 0 Å². The summed E-state index contributed by atoms with van der Waals surface area (Å²) in [5, 5.41) is 11.7. The van der Waals surface area contributed by atoms with Gasteiger partial charge in [0.05, 0.1) is 18.6 Å². The van der Waals surface area contributed by atoms with Gasteiger partial charge in [0.2, 0.25) is 5.91 Å². The largest absolute Gasteiger partial charge is 0.493 e. The molecule has 1 amide bonds. The molecule has 7 nitrogen and oxygen atoms in total. The van der Waals surface area contributed by atoms with Gasteiger partial charge in [-0.05, 0) is 43.2 Å². The molecule has 0 saturated heterocycles. The van der Waals surface area contributed by atoms with Gasteiger partial charge in [0.25, 0.3) is 0 Å². The van der Waals surface area contributed by atoms with Crippen LogP contribution in [0.15, 0.2) is 47.6 Å². The van der Waals surface area contributed by atoms with E-state index in [2.05, 4.69) is 20.3 Å². The van der Waals surface area contributed by atoms with Crippen molar-refractivity contribution in [2.75, 3.05) is 12.9 Å². The SMILES string of the molecule is COc1cc(CNC(=O)CSc2nnc(C)n2-c2ccccc2C)ccc1OC(F)F. The highest BCUT2D eigenvalue weighted by molar-refractivity contribution is 7.99. The fourth-order valence-corrected chi connectivity index (χ4v) is 3.75. The molecule has 3 rings (SSSR count). The van der Waals surface area contributed by atoms with Gasteiger partial charge in [-0.2, -0.15) is 8.78 Å². The van der Waals surface area contributed by atoms with Crippen LogP contribution in [0.1, 0.15) is 17.0 Å². The Bertz CT molecular complexity index is 1060. The van der Waals surface area contributed by atoms with Gasteiger partial charge in [-0.1, -0.05) is 36.0 Å². The fourth-order valence-electron chi connectivity index (χ4n) is 2.93. The minimum Gasteiger partial charge on any atom is -0.493 e. The lowest BCUT2D eigenvalue weighted by Gasteiger charge is -2.12. The van der Waals surface area contributed by atoms with Crippen LogP contribution < -0.4 is 14.8 Å². The molecule has 0 fully saturated rings. The van der Waals surface area contributed by atoms with Crippen molar-refractivity contribution in [3.8, 4) is 17.2 Å². The van der Waals surface area contributed by atoms with E-state index >= 15 is 0 Å². The van der Waals surface area contributed by atoms with E-state index in [1.165, 1.54) is 24.9 Å². The van der Waals surface area contributed by atoms with Gasteiger partial charge in [-0.25, -0.2) is 0 Å². The number of para-hydroxylation sites is 1. The van der Waals surface area contributed by atoms with Crippen molar-refractivity contribution in [3.05, 3.63) is 59.4 Å². The number of rotatable bonds is 9. The van der Waals surface area contributed by atoms with Crippen LogP contribution in [0.4, 0.5) is 8.78 Å². The number of halogens is 2. The molecule has 0 saturated carbocycles. The Morgan fingerprint density at radius 2 is 1.94 bits per heavy atom. The molecular formula is C21H22F2N4O3S. The second-order valence-electron chi connectivity index (χ2n) is 6.58. The van der Waals surface area contributed by atoms with Crippen molar-refractivity contribution in [2.45, 2.75) is 32.2 Å². The number of aryl methyl sites for hydroxylation is 2. The van der Waals surface area contributed by atoms with E-state index in [0.717, 1.165) is 17.1 Å². The molecule has 0 spiro atoms. The Balaban J connectivity index is 1.60. The molecule has 0 atom stereocenters. The highest BCUT2D eigenvalue weighted by atomic mass is 32.2. The predicted molar refractivity (Wildman–Crippen MR) is 113 cm³/mol. The van der Waals surface area contributed by atoms with Crippen LogP contribution in [0, 0.1) is 13.8 Å².